The first kappa shape index (κ1) is 27.5. The van der Waals surface area contributed by atoms with Crippen LogP contribution in [-0.2, 0) is 16.0 Å². The number of amides is 1. The predicted molar refractivity (Wildman–Crippen MR) is 155 cm³/mol. The van der Waals surface area contributed by atoms with Gasteiger partial charge in [0.15, 0.2) is 5.76 Å². The standard InChI is InChI=1S/C31H24ClNO5.CH4/c1-19(24-6-2-4-8-26(24)32)37-31(36)33-29-25-7-3-5-9-27(25)38-30(29)23-16-14-22(15-17-23)21-12-10-20(11-13-21)18-28(34)35;/h2-17,19H,18H2,1H3,(H,33,36)(H,34,35);1H4/t19-;/m1./s1. The van der Waals surface area contributed by atoms with Crippen molar-refractivity contribution in [3.8, 4) is 22.5 Å². The number of aliphatic carboxylic acids is 1. The number of nitrogens with one attached hydrogen (secondary N) is 1. The molecule has 198 valence electrons. The maximum atomic E-state index is 12.9. The van der Waals surface area contributed by atoms with Gasteiger partial charge in [0.2, 0.25) is 0 Å². The van der Waals surface area contributed by atoms with Crippen molar-refractivity contribution in [3.63, 3.8) is 0 Å². The number of carboxylic acid groups (broad SMARTS) is 1. The van der Waals surface area contributed by atoms with Crippen LogP contribution in [0.2, 0.25) is 5.02 Å². The van der Waals surface area contributed by atoms with E-state index in [9.17, 15) is 9.59 Å². The first-order chi connectivity index (χ1) is 18.4. The van der Waals surface area contributed by atoms with Gasteiger partial charge in [-0.05, 0) is 41.8 Å². The summed E-state index contributed by atoms with van der Waals surface area (Å²) >= 11 is 6.26. The van der Waals surface area contributed by atoms with E-state index in [1.54, 1.807) is 13.0 Å². The molecule has 0 unspecified atom stereocenters. The minimum absolute atomic E-state index is 0. The first-order valence-electron chi connectivity index (χ1n) is 12.0. The number of anilines is 1. The number of halogens is 1. The van der Waals surface area contributed by atoms with E-state index in [1.165, 1.54) is 0 Å². The minimum atomic E-state index is -0.862. The molecular formula is C32H28ClNO5. The van der Waals surface area contributed by atoms with E-state index in [4.69, 9.17) is 25.9 Å². The van der Waals surface area contributed by atoms with Crippen molar-refractivity contribution in [2.24, 2.45) is 0 Å². The molecule has 1 amide bonds. The highest BCUT2D eigenvalue weighted by Gasteiger charge is 2.21. The highest BCUT2D eigenvalue weighted by atomic mass is 35.5. The second kappa shape index (κ2) is 11.9. The van der Waals surface area contributed by atoms with E-state index < -0.39 is 18.2 Å². The zero-order chi connectivity index (χ0) is 26.6. The SMILES string of the molecule is C.C[C@@H](OC(=O)Nc1c(-c2ccc(-c3ccc(CC(=O)O)cc3)cc2)oc2ccccc12)c1ccccc1Cl. The number of carbonyl (C=O) groups excluding carboxylic acids is 1. The van der Waals surface area contributed by atoms with Crippen LogP contribution in [0.4, 0.5) is 10.5 Å². The molecule has 4 aromatic carbocycles. The van der Waals surface area contributed by atoms with Gasteiger partial charge in [-0.3, -0.25) is 10.1 Å². The van der Waals surface area contributed by atoms with Crippen LogP contribution in [0.25, 0.3) is 33.4 Å². The van der Waals surface area contributed by atoms with Gasteiger partial charge in [0.05, 0.1) is 12.1 Å². The van der Waals surface area contributed by atoms with Gasteiger partial charge in [0.25, 0.3) is 0 Å². The van der Waals surface area contributed by atoms with Crippen LogP contribution >= 0.6 is 11.6 Å². The third-order valence-electron chi connectivity index (χ3n) is 6.24. The lowest BCUT2D eigenvalue weighted by Crippen LogP contribution is -2.16. The lowest BCUT2D eigenvalue weighted by Gasteiger charge is -2.15. The second-order valence-electron chi connectivity index (χ2n) is 8.84. The van der Waals surface area contributed by atoms with E-state index >= 15 is 0 Å². The number of rotatable bonds is 7. The highest BCUT2D eigenvalue weighted by molar-refractivity contribution is 6.31. The summed E-state index contributed by atoms with van der Waals surface area (Å²) in [6.45, 7) is 1.77. The Bertz CT molecular complexity index is 1610. The average molecular weight is 542 g/mol. The molecule has 1 aromatic heterocycles. The molecule has 0 bridgehead atoms. The summed E-state index contributed by atoms with van der Waals surface area (Å²) in [4.78, 5) is 23.8. The summed E-state index contributed by atoms with van der Waals surface area (Å²) < 4.78 is 11.8. The number of furan rings is 1. The fourth-order valence-electron chi connectivity index (χ4n) is 4.34. The van der Waals surface area contributed by atoms with E-state index in [0.29, 0.717) is 27.6 Å². The van der Waals surface area contributed by atoms with Gasteiger partial charge in [-0.1, -0.05) is 97.9 Å². The molecule has 1 heterocycles. The van der Waals surface area contributed by atoms with Gasteiger partial charge < -0.3 is 14.3 Å². The van der Waals surface area contributed by atoms with Crippen LogP contribution in [0.15, 0.2) is 101 Å². The molecule has 1 atom stereocenters. The first-order valence-corrected chi connectivity index (χ1v) is 12.4. The molecule has 0 aliphatic heterocycles. The lowest BCUT2D eigenvalue weighted by molar-refractivity contribution is -0.136. The predicted octanol–water partition coefficient (Wildman–Crippen LogP) is 8.99. The maximum Gasteiger partial charge on any atom is 0.412 e. The normalized spacial score (nSPS) is 11.4. The van der Waals surface area contributed by atoms with Crippen LogP contribution in [-0.4, -0.2) is 17.2 Å². The van der Waals surface area contributed by atoms with Crippen molar-refractivity contribution in [2.75, 3.05) is 5.32 Å². The molecular weight excluding hydrogens is 514 g/mol. The van der Waals surface area contributed by atoms with Gasteiger partial charge in [0, 0.05) is 21.5 Å². The Morgan fingerprint density at radius 2 is 1.46 bits per heavy atom. The van der Waals surface area contributed by atoms with Crippen molar-refractivity contribution in [3.05, 3.63) is 113 Å². The molecule has 6 nitrogen and oxygen atoms in total. The summed E-state index contributed by atoms with van der Waals surface area (Å²) in [7, 11) is 0. The summed E-state index contributed by atoms with van der Waals surface area (Å²) in [5, 5.41) is 13.1. The average Bonchev–Trinajstić information content (AvgIpc) is 3.27. The van der Waals surface area contributed by atoms with Crippen LogP contribution in [0, 0.1) is 0 Å². The van der Waals surface area contributed by atoms with Gasteiger partial charge in [-0.2, -0.15) is 0 Å². The molecule has 0 saturated carbocycles. The monoisotopic (exact) mass is 541 g/mol. The van der Waals surface area contributed by atoms with Gasteiger partial charge in [-0.15, -0.1) is 0 Å². The largest absolute Gasteiger partial charge is 0.481 e. The van der Waals surface area contributed by atoms with Crippen LogP contribution in [0.5, 0.6) is 0 Å². The number of carbonyl (C=O) groups is 2. The summed E-state index contributed by atoms with van der Waals surface area (Å²) in [6.07, 6.45) is -1.18. The Morgan fingerprint density at radius 1 is 0.872 bits per heavy atom. The molecule has 39 heavy (non-hydrogen) atoms. The van der Waals surface area contributed by atoms with Gasteiger partial charge in [0.1, 0.15) is 11.7 Å². The number of carboxylic acids is 1. The van der Waals surface area contributed by atoms with Crippen LogP contribution in [0.1, 0.15) is 31.6 Å². The zero-order valence-electron chi connectivity index (χ0n) is 20.5. The van der Waals surface area contributed by atoms with Crippen LogP contribution in [0.3, 0.4) is 0 Å². The molecule has 0 aliphatic rings. The van der Waals surface area contributed by atoms with Gasteiger partial charge >= 0.3 is 12.1 Å². The number of benzene rings is 4. The number of ether oxygens (including phenoxy) is 1. The Morgan fingerprint density at radius 3 is 2.13 bits per heavy atom. The summed E-state index contributed by atoms with van der Waals surface area (Å²) in [6, 6.07) is 29.9. The summed E-state index contributed by atoms with van der Waals surface area (Å²) in [5.41, 5.74) is 5.32. The smallest absolute Gasteiger partial charge is 0.412 e. The Hall–Kier alpha value is -4.55. The van der Waals surface area contributed by atoms with Crippen molar-refractivity contribution >= 4 is 40.3 Å². The quantitative estimate of drug-likeness (QED) is 0.214. The van der Waals surface area contributed by atoms with Crippen molar-refractivity contribution in [2.45, 2.75) is 26.9 Å². The molecule has 7 heteroatoms. The van der Waals surface area contributed by atoms with Crippen molar-refractivity contribution in [1.29, 1.82) is 0 Å². The molecule has 5 rings (SSSR count). The lowest BCUT2D eigenvalue weighted by atomic mass is 10.0. The fourth-order valence-corrected chi connectivity index (χ4v) is 4.63. The van der Waals surface area contributed by atoms with E-state index in [1.807, 2.05) is 91.0 Å². The van der Waals surface area contributed by atoms with E-state index in [-0.39, 0.29) is 13.8 Å². The Balaban J connectivity index is 0.00000353. The molecule has 0 saturated heterocycles. The Labute approximate surface area is 231 Å². The van der Waals surface area contributed by atoms with Crippen LogP contribution < -0.4 is 5.32 Å². The fraction of sp³-hybridized carbons (Fsp3) is 0.125. The molecule has 5 aromatic rings. The second-order valence-corrected chi connectivity index (χ2v) is 9.25. The number of para-hydroxylation sites is 1. The number of fused-ring (bicyclic) bond motifs is 1. The van der Waals surface area contributed by atoms with E-state index in [2.05, 4.69) is 5.32 Å². The number of hydrogen-bond donors (Lipinski definition) is 2. The molecule has 0 fully saturated rings. The highest BCUT2D eigenvalue weighted by Crippen LogP contribution is 2.39. The Kier molecular flexibility index (Phi) is 8.37. The minimum Gasteiger partial charge on any atom is -0.481 e. The molecule has 2 N–H and O–H groups in total. The molecule has 0 aliphatic carbocycles. The molecule has 0 radical (unpaired) electrons. The topological polar surface area (TPSA) is 88.8 Å². The van der Waals surface area contributed by atoms with Gasteiger partial charge in [-0.25, -0.2) is 4.79 Å². The summed E-state index contributed by atoms with van der Waals surface area (Å²) in [5.74, 6) is -0.351. The van der Waals surface area contributed by atoms with Crippen molar-refractivity contribution < 1.29 is 23.8 Å². The third-order valence-corrected chi connectivity index (χ3v) is 6.58. The van der Waals surface area contributed by atoms with E-state index in [0.717, 1.165) is 27.6 Å². The molecule has 0 spiro atoms. The van der Waals surface area contributed by atoms with Crippen molar-refractivity contribution in [1.82, 2.24) is 0 Å². The zero-order valence-corrected chi connectivity index (χ0v) is 21.2. The third kappa shape index (κ3) is 6.13. The maximum absolute atomic E-state index is 12.9. The number of hydrogen-bond acceptors (Lipinski definition) is 4.